The second kappa shape index (κ2) is 8.90. The van der Waals surface area contributed by atoms with E-state index in [2.05, 4.69) is 4.74 Å². The molecule has 9 nitrogen and oxygen atoms in total. The lowest BCUT2D eigenvalue weighted by Gasteiger charge is -2.33. The quantitative estimate of drug-likeness (QED) is 0.369. The molecule has 0 spiro atoms. The van der Waals surface area contributed by atoms with Crippen LogP contribution < -0.4 is 11.2 Å². The van der Waals surface area contributed by atoms with Crippen LogP contribution >= 0.6 is 0 Å². The van der Waals surface area contributed by atoms with Crippen molar-refractivity contribution in [3.8, 4) is 0 Å². The highest BCUT2D eigenvalue weighted by molar-refractivity contribution is 5.06. The molecule has 0 radical (unpaired) electrons. The van der Waals surface area contributed by atoms with Crippen LogP contribution in [0.2, 0.25) is 0 Å². The maximum Gasteiger partial charge on any atom is 0.460 e. The molecule has 0 aliphatic carbocycles. The summed E-state index contributed by atoms with van der Waals surface area (Å²) in [6.45, 7) is -4.87. The summed E-state index contributed by atoms with van der Waals surface area (Å²) in [5, 5.41) is 28.6. The van der Waals surface area contributed by atoms with Crippen molar-refractivity contribution >= 4 is 0 Å². The Morgan fingerprint density at radius 3 is 2.06 bits per heavy atom. The third-order valence-corrected chi connectivity index (χ3v) is 4.58. The molecule has 1 aromatic heterocycles. The van der Waals surface area contributed by atoms with Crippen LogP contribution in [0.25, 0.3) is 0 Å². The molecule has 0 saturated carbocycles. The minimum absolute atomic E-state index is 0.411. The summed E-state index contributed by atoms with van der Waals surface area (Å²) in [6, 6.07) is 0. The topological polar surface area (TPSA) is 134 Å². The monoisotopic (exact) mass is 506 g/mol. The van der Waals surface area contributed by atoms with Gasteiger partial charge in [-0.2, -0.15) is 39.5 Å². The highest BCUT2D eigenvalue weighted by Crippen LogP contribution is 2.53. The minimum Gasteiger partial charge on any atom is -0.394 e. The van der Waals surface area contributed by atoms with Gasteiger partial charge in [0.25, 0.3) is 5.56 Å². The molecule has 2 heterocycles. The largest absolute Gasteiger partial charge is 0.460 e. The van der Waals surface area contributed by atoms with Crippen LogP contribution in [0.5, 0.6) is 0 Å². The van der Waals surface area contributed by atoms with Crippen LogP contribution in [0.1, 0.15) is 11.8 Å². The van der Waals surface area contributed by atoms with E-state index in [0.29, 0.717) is 10.8 Å². The smallest absolute Gasteiger partial charge is 0.394 e. The number of ether oxygens (including phenoxy) is 2. The maximum atomic E-state index is 13.5. The number of halogens is 9. The summed E-state index contributed by atoms with van der Waals surface area (Å²) >= 11 is 0. The molecule has 1 saturated heterocycles. The molecule has 18 heteroatoms. The fourth-order valence-corrected chi connectivity index (χ4v) is 2.72. The zero-order valence-corrected chi connectivity index (χ0v) is 15.8. The van der Waals surface area contributed by atoms with Gasteiger partial charge in [-0.15, -0.1) is 0 Å². The van der Waals surface area contributed by atoms with Crippen molar-refractivity contribution in [1.29, 1.82) is 0 Å². The van der Waals surface area contributed by atoms with Crippen LogP contribution in [0.4, 0.5) is 39.5 Å². The Kier molecular flexibility index (Phi) is 7.30. The molecular weight excluding hydrogens is 491 g/mol. The lowest BCUT2D eigenvalue weighted by Crippen LogP contribution is -2.62. The van der Waals surface area contributed by atoms with Gasteiger partial charge in [0.1, 0.15) is 24.9 Å². The minimum atomic E-state index is -7.11. The number of rotatable bonds is 8. The van der Waals surface area contributed by atoms with Crippen molar-refractivity contribution in [2.24, 2.45) is 0 Å². The molecule has 1 aromatic rings. The van der Waals surface area contributed by atoms with Gasteiger partial charge in [-0.1, -0.05) is 0 Å². The van der Waals surface area contributed by atoms with Gasteiger partial charge in [-0.3, -0.25) is 14.3 Å². The van der Waals surface area contributed by atoms with Crippen LogP contribution in [0, 0.1) is 0 Å². The number of alkyl halides is 9. The van der Waals surface area contributed by atoms with Crippen molar-refractivity contribution in [2.45, 2.75) is 55.1 Å². The number of aliphatic hydroxyl groups is 3. The number of nitrogens with one attached hydrogen (secondary N) is 1. The summed E-state index contributed by atoms with van der Waals surface area (Å²) in [6.07, 6.45) is -13.1. The van der Waals surface area contributed by atoms with Crippen molar-refractivity contribution < 1.29 is 64.3 Å². The predicted octanol–water partition coefficient (Wildman–Crippen LogP) is 0.133. The van der Waals surface area contributed by atoms with Gasteiger partial charge < -0.3 is 24.8 Å². The number of aliphatic hydroxyl groups excluding tert-OH is 3. The first kappa shape index (κ1) is 27.1. The highest BCUT2D eigenvalue weighted by atomic mass is 19.4. The van der Waals surface area contributed by atoms with E-state index < -0.39 is 85.1 Å². The second-order valence-electron chi connectivity index (χ2n) is 6.89. The Morgan fingerprint density at radius 2 is 1.58 bits per heavy atom. The highest BCUT2D eigenvalue weighted by Gasteiger charge is 2.81. The summed E-state index contributed by atoms with van der Waals surface area (Å²) in [5.41, 5.74) is -3.42. The van der Waals surface area contributed by atoms with Gasteiger partial charge in [0.05, 0.1) is 18.8 Å². The van der Waals surface area contributed by atoms with Crippen LogP contribution in [-0.2, 0) is 16.1 Å². The molecule has 0 aromatic carbocycles. The molecule has 4 N–H and O–H groups in total. The molecule has 1 aliphatic rings. The molecule has 1 aliphatic heterocycles. The van der Waals surface area contributed by atoms with Crippen molar-refractivity contribution in [3.05, 3.63) is 32.6 Å². The third kappa shape index (κ3) is 4.75. The molecule has 4 atom stereocenters. The molecule has 1 fully saturated rings. The average Bonchev–Trinajstić information content (AvgIpc) is 2.96. The van der Waals surface area contributed by atoms with Crippen molar-refractivity contribution in [2.75, 3.05) is 13.2 Å². The molecule has 0 amide bonds. The van der Waals surface area contributed by atoms with Gasteiger partial charge in [0, 0.05) is 6.20 Å². The standard InChI is InChI=1S/C15H15F9N2O7/c16-12(17,13(18,19)14(20,21)15(22,23)24)4-32-3-5-1-26(11(31)25-9(5)30)10-8(29)7(28)6(2-27)33-10/h1,6-8,10,27-29H,2-4H2,(H,25,30,31)/t6-,7-,8-,10-/m1/s1. The number of H-pyrrole nitrogens is 1. The van der Waals surface area contributed by atoms with Gasteiger partial charge in [-0.25, -0.2) is 4.79 Å². The predicted molar refractivity (Wildman–Crippen MR) is 84.9 cm³/mol. The lowest BCUT2D eigenvalue weighted by atomic mass is 10.0. The molecule has 2 rings (SSSR count). The first-order valence-electron chi connectivity index (χ1n) is 8.63. The average molecular weight is 506 g/mol. The summed E-state index contributed by atoms with van der Waals surface area (Å²) in [7, 11) is 0. The SMILES string of the molecule is O=c1[nH]c(=O)n([C@@H]2O[C@H](CO)[C@@H](O)[C@H]2O)cc1COCC(F)(F)C(F)(F)C(F)(F)C(F)(F)F. The van der Waals surface area contributed by atoms with E-state index in [4.69, 9.17) is 9.84 Å². The fourth-order valence-electron chi connectivity index (χ4n) is 2.72. The van der Waals surface area contributed by atoms with Gasteiger partial charge in [-0.05, 0) is 0 Å². The molecule has 0 bridgehead atoms. The first-order chi connectivity index (χ1) is 14.9. The van der Waals surface area contributed by atoms with E-state index in [1.54, 1.807) is 4.98 Å². The normalized spacial score (nSPS) is 25.0. The Morgan fingerprint density at radius 1 is 1.00 bits per heavy atom. The van der Waals surface area contributed by atoms with E-state index in [-0.39, 0.29) is 0 Å². The van der Waals surface area contributed by atoms with E-state index in [9.17, 15) is 59.3 Å². The molecule has 190 valence electrons. The number of aromatic nitrogens is 2. The van der Waals surface area contributed by atoms with E-state index in [1.165, 1.54) is 0 Å². The number of nitrogens with zero attached hydrogens (tertiary/aromatic N) is 1. The van der Waals surface area contributed by atoms with E-state index >= 15 is 0 Å². The van der Waals surface area contributed by atoms with Crippen LogP contribution in [-0.4, -0.2) is 80.3 Å². The summed E-state index contributed by atoms with van der Waals surface area (Å²) in [4.78, 5) is 25.3. The maximum absolute atomic E-state index is 13.5. The van der Waals surface area contributed by atoms with E-state index in [0.717, 1.165) is 0 Å². The summed E-state index contributed by atoms with van der Waals surface area (Å²) < 4.78 is 125. The van der Waals surface area contributed by atoms with Gasteiger partial charge >= 0.3 is 29.6 Å². The number of aromatic amines is 1. The fraction of sp³-hybridized carbons (Fsp3) is 0.733. The summed E-state index contributed by atoms with van der Waals surface area (Å²) in [5.74, 6) is -20.1. The first-order valence-corrected chi connectivity index (χ1v) is 8.63. The third-order valence-electron chi connectivity index (χ3n) is 4.58. The van der Waals surface area contributed by atoms with Gasteiger partial charge in [0.2, 0.25) is 0 Å². The van der Waals surface area contributed by atoms with E-state index in [1.807, 2.05) is 0 Å². The van der Waals surface area contributed by atoms with Gasteiger partial charge in [0.15, 0.2) is 6.23 Å². The number of hydrogen-bond acceptors (Lipinski definition) is 7. The molecule has 33 heavy (non-hydrogen) atoms. The van der Waals surface area contributed by atoms with Crippen LogP contribution in [0.15, 0.2) is 15.8 Å². The zero-order valence-electron chi connectivity index (χ0n) is 15.8. The zero-order chi connectivity index (χ0) is 25.6. The van der Waals surface area contributed by atoms with Crippen molar-refractivity contribution in [3.63, 3.8) is 0 Å². The second-order valence-corrected chi connectivity index (χ2v) is 6.89. The number of hydrogen-bond donors (Lipinski definition) is 4. The Bertz CT molecular complexity index is 962. The lowest BCUT2D eigenvalue weighted by molar-refractivity contribution is -0.400. The Labute approximate surface area is 176 Å². The van der Waals surface area contributed by atoms with Crippen LogP contribution in [0.3, 0.4) is 0 Å². The Balaban J connectivity index is 2.22. The van der Waals surface area contributed by atoms with Crippen molar-refractivity contribution in [1.82, 2.24) is 9.55 Å². The Hall–Kier alpha value is -2.15. The molecule has 0 unspecified atom stereocenters. The molecular formula is C15H15F9N2O7.